The van der Waals surface area contributed by atoms with Crippen LogP contribution in [0.5, 0.6) is 5.75 Å². The van der Waals surface area contributed by atoms with Crippen molar-refractivity contribution in [2.45, 2.75) is 44.8 Å². The van der Waals surface area contributed by atoms with Crippen LogP contribution < -0.4 is 15.4 Å². The number of urea groups is 1. The topological polar surface area (TPSA) is 63.2 Å². The number of anilines is 1. The second-order valence-electron chi connectivity index (χ2n) is 7.43. The summed E-state index contributed by atoms with van der Waals surface area (Å²) >= 11 is 0. The van der Waals surface area contributed by atoms with Crippen LogP contribution in [0.4, 0.5) is 14.9 Å². The van der Waals surface area contributed by atoms with Crippen LogP contribution in [-0.4, -0.2) is 16.6 Å². The van der Waals surface area contributed by atoms with E-state index in [1.807, 2.05) is 38.1 Å². The van der Waals surface area contributed by atoms with Gasteiger partial charge in [-0.3, -0.25) is 4.98 Å². The monoisotopic (exact) mass is 393 g/mol. The van der Waals surface area contributed by atoms with Crippen molar-refractivity contribution in [3.8, 4) is 5.75 Å². The molecule has 0 aliphatic carbocycles. The number of halogens is 1. The van der Waals surface area contributed by atoms with E-state index in [1.54, 1.807) is 18.5 Å². The van der Waals surface area contributed by atoms with Gasteiger partial charge >= 0.3 is 6.03 Å². The minimum Gasteiger partial charge on any atom is -0.487 e. The normalized spacial score (nSPS) is 17.3. The number of benzene rings is 2. The molecule has 6 heteroatoms. The molecule has 2 heterocycles. The molecule has 1 aliphatic rings. The summed E-state index contributed by atoms with van der Waals surface area (Å²) in [5, 5.41) is 7.86. The number of fused-ring (bicyclic) bond motifs is 2. The van der Waals surface area contributed by atoms with Gasteiger partial charge in [0.05, 0.1) is 11.7 Å². The number of rotatable bonds is 4. The maximum atomic E-state index is 13.8. The van der Waals surface area contributed by atoms with E-state index in [4.69, 9.17) is 4.74 Å². The summed E-state index contributed by atoms with van der Waals surface area (Å²) in [5.74, 6) is 0.151. The van der Waals surface area contributed by atoms with Crippen molar-refractivity contribution in [2.24, 2.45) is 0 Å². The van der Waals surface area contributed by atoms with E-state index in [0.717, 1.165) is 29.2 Å². The molecular formula is C23H24FN3O2. The first-order valence-corrected chi connectivity index (χ1v) is 9.92. The molecule has 4 rings (SSSR count). The number of ether oxygens (including phenoxy) is 1. The van der Waals surface area contributed by atoms with Gasteiger partial charge in [0.25, 0.3) is 0 Å². The molecule has 0 saturated carbocycles. The van der Waals surface area contributed by atoms with Crippen LogP contribution in [0.2, 0.25) is 0 Å². The van der Waals surface area contributed by atoms with E-state index in [0.29, 0.717) is 17.9 Å². The fraction of sp³-hybridized carbons (Fsp3) is 0.304. The zero-order valence-electron chi connectivity index (χ0n) is 16.5. The molecule has 29 heavy (non-hydrogen) atoms. The van der Waals surface area contributed by atoms with Crippen molar-refractivity contribution in [2.75, 3.05) is 5.32 Å². The second kappa shape index (κ2) is 7.70. The summed E-state index contributed by atoms with van der Waals surface area (Å²) in [5.41, 5.74) is 1.05. The van der Waals surface area contributed by atoms with E-state index >= 15 is 0 Å². The number of hydrogen-bond donors (Lipinski definition) is 2. The third-order valence-electron chi connectivity index (χ3n) is 5.78. The van der Waals surface area contributed by atoms with E-state index in [2.05, 4.69) is 15.6 Å². The molecule has 0 bridgehead atoms. The van der Waals surface area contributed by atoms with Crippen molar-refractivity contribution < 1.29 is 13.9 Å². The first-order valence-electron chi connectivity index (χ1n) is 9.92. The van der Waals surface area contributed by atoms with Gasteiger partial charge in [-0.25, -0.2) is 9.18 Å². The van der Waals surface area contributed by atoms with Crippen molar-refractivity contribution in [1.82, 2.24) is 10.3 Å². The minimum absolute atomic E-state index is 0.271. The standard InChI is InChI=1S/C23H24FN3O2/c1-3-23(4-2)13-20(17-9-8-16(24)12-21(17)29-23)27-22(28)26-19-7-5-6-15-10-11-25-14-18(15)19/h5-12,14,20H,3-4,13H2,1-2H3,(H2,26,27,28)/t20-/m1/s1. The second-order valence-corrected chi connectivity index (χ2v) is 7.43. The molecule has 0 unspecified atom stereocenters. The Morgan fingerprint density at radius 1 is 1.24 bits per heavy atom. The van der Waals surface area contributed by atoms with Crippen molar-refractivity contribution >= 4 is 22.5 Å². The van der Waals surface area contributed by atoms with E-state index in [-0.39, 0.29) is 17.9 Å². The van der Waals surface area contributed by atoms with Crippen molar-refractivity contribution in [3.63, 3.8) is 0 Å². The fourth-order valence-electron chi connectivity index (χ4n) is 3.99. The van der Waals surface area contributed by atoms with Crippen LogP contribution >= 0.6 is 0 Å². The third-order valence-corrected chi connectivity index (χ3v) is 5.78. The molecule has 1 aromatic heterocycles. The predicted octanol–water partition coefficient (Wildman–Crippen LogP) is 5.58. The number of nitrogens with one attached hydrogen (secondary N) is 2. The number of hydrogen-bond acceptors (Lipinski definition) is 3. The molecule has 1 aliphatic heterocycles. The van der Waals surface area contributed by atoms with Crippen molar-refractivity contribution in [3.05, 3.63) is 66.2 Å². The molecule has 1 atom stereocenters. The highest BCUT2D eigenvalue weighted by atomic mass is 19.1. The summed E-state index contributed by atoms with van der Waals surface area (Å²) in [6.45, 7) is 4.10. The zero-order chi connectivity index (χ0) is 20.4. The molecule has 0 radical (unpaired) electrons. The molecule has 3 aromatic rings. The zero-order valence-corrected chi connectivity index (χ0v) is 16.5. The molecule has 0 saturated heterocycles. The molecule has 150 valence electrons. The Morgan fingerprint density at radius 2 is 2.07 bits per heavy atom. The molecule has 5 nitrogen and oxygen atoms in total. The van der Waals surface area contributed by atoms with Gasteiger partial charge in [0, 0.05) is 35.8 Å². The molecule has 0 fully saturated rings. The molecular weight excluding hydrogens is 369 g/mol. The number of pyridine rings is 1. The van der Waals surface area contributed by atoms with Gasteiger partial charge in [0.1, 0.15) is 17.2 Å². The van der Waals surface area contributed by atoms with Crippen molar-refractivity contribution in [1.29, 1.82) is 0 Å². The predicted molar refractivity (Wildman–Crippen MR) is 112 cm³/mol. The largest absolute Gasteiger partial charge is 0.487 e. The first-order chi connectivity index (χ1) is 14.0. The Balaban J connectivity index is 1.60. The van der Waals surface area contributed by atoms with Gasteiger partial charge in [-0.1, -0.05) is 32.0 Å². The SMILES string of the molecule is CCC1(CC)C[C@@H](NC(=O)Nc2cccc3ccncc23)c2ccc(F)cc2O1. The lowest BCUT2D eigenvalue weighted by Gasteiger charge is -2.41. The lowest BCUT2D eigenvalue weighted by Crippen LogP contribution is -2.45. The highest BCUT2D eigenvalue weighted by molar-refractivity contribution is 6.01. The maximum Gasteiger partial charge on any atom is 0.319 e. The highest BCUT2D eigenvalue weighted by Gasteiger charge is 2.39. The summed E-state index contributed by atoms with van der Waals surface area (Å²) in [7, 11) is 0. The molecule has 0 spiro atoms. The average molecular weight is 393 g/mol. The van der Waals surface area contributed by atoms with Gasteiger partial charge in [-0.15, -0.1) is 0 Å². The summed E-state index contributed by atoms with van der Waals surface area (Å²) in [6.07, 6.45) is 5.63. The van der Waals surface area contributed by atoms with Gasteiger partial charge < -0.3 is 15.4 Å². The lowest BCUT2D eigenvalue weighted by atomic mass is 9.83. The number of carbonyl (C=O) groups excluding carboxylic acids is 1. The number of amides is 2. The Kier molecular flexibility index (Phi) is 5.09. The van der Waals surface area contributed by atoms with E-state index in [9.17, 15) is 9.18 Å². The summed E-state index contributed by atoms with van der Waals surface area (Å²) < 4.78 is 20.0. The smallest absolute Gasteiger partial charge is 0.319 e. The number of aromatic nitrogens is 1. The van der Waals surface area contributed by atoms with E-state index < -0.39 is 5.60 Å². The Morgan fingerprint density at radius 3 is 2.86 bits per heavy atom. The Labute approximate surface area is 169 Å². The molecule has 2 amide bonds. The lowest BCUT2D eigenvalue weighted by molar-refractivity contribution is 0.0243. The summed E-state index contributed by atoms with van der Waals surface area (Å²) in [6, 6.07) is 11.5. The van der Waals surface area contributed by atoms with Gasteiger partial charge in [0.15, 0.2) is 0 Å². The summed E-state index contributed by atoms with van der Waals surface area (Å²) in [4.78, 5) is 17.0. The highest BCUT2D eigenvalue weighted by Crippen LogP contribution is 2.43. The van der Waals surface area contributed by atoms with Crippen LogP contribution in [-0.2, 0) is 0 Å². The average Bonchev–Trinajstić information content (AvgIpc) is 2.73. The van der Waals surface area contributed by atoms with Gasteiger partial charge in [0.2, 0.25) is 0 Å². The van der Waals surface area contributed by atoms with Gasteiger partial charge in [-0.2, -0.15) is 0 Å². The molecule has 2 aromatic carbocycles. The van der Waals surface area contributed by atoms with Crippen LogP contribution in [0.25, 0.3) is 10.8 Å². The Bertz CT molecular complexity index is 1040. The third kappa shape index (κ3) is 3.75. The van der Waals surface area contributed by atoms with E-state index in [1.165, 1.54) is 12.1 Å². The fourth-order valence-corrected chi connectivity index (χ4v) is 3.99. The Hall–Kier alpha value is -3.15. The first kappa shape index (κ1) is 19.2. The minimum atomic E-state index is -0.428. The van der Waals surface area contributed by atoms with Crippen LogP contribution in [0.15, 0.2) is 54.9 Å². The van der Waals surface area contributed by atoms with Crippen LogP contribution in [0.1, 0.15) is 44.7 Å². The van der Waals surface area contributed by atoms with Crippen LogP contribution in [0, 0.1) is 5.82 Å². The number of carbonyl (C=O) groups is 1. The molecule has 2 N–H and O–H groups in total. The van der Waals surface area contributed by atoms with Crippen LogP contribution in [0.3, 0.4) is 0 Å². The van der Waals surface area contributed by atoms with Gasteiger partial charge in [-0.05, 0) is 36.4 Å². The quantitative estimate of drug-likeness (QED) is 0.608. The number of nitrogens with zero attached hydrogens (tertiary/aromatic N) is 1. The maximum absolute atomic E-state index is 13.8.